The third kappa shape index (κ3) is 3.90. The number of amides is 1. The molecule has 1 fully saturated rings. The van der Waals surface area contributed by atoms with E-state index in [1.54, 1.807) is 32.6 Å². The Hall–Kier alpha value is -1.77. The molecule has 0 saturated carbocycles. The van der Waals surface area contributed by atoms with Crippen molar-refractivity contribution in [2.45, 2.75) is 65.5 Å². The zero-order valence-corrected chi connectivity index (χ0v) is 14.4. The first-order chi connectivity index (χ1) is 9.97. The van der Waals surface area contributed by atoms with Crippen LogP contribution in [0, 0.1) is 16.7 Å². The van der Waals surface area contributed by atoms with Gasteiger partial charge in [-0.25, -0.2) is 4.79 Å². The maximum absolute atomic E-state index is 12.3. The van der Waals surface area contributed by atoms with Gasteiger partial charge in [-0.15, -0.1) is 0 Å². The lowest BCUT2D eigenvalue weighted by Gasteiger charge is -2.47. The Morgan fingerprint density at radius 1 is 1.32 bits per heavy atom. The van der Waals surface area contributed by atoms with Gasteiger partial charge in [0.15, 0.2) is 5.41 Å². The van der Waals surface area contributed by atoms with E-state index in [0.29, 0.717) is 0 Å². The average molecular weight is 310 g/mol. The summed E-state index contributed by atoms with van der Waals surface area (Å²) < 4.78 is 10.5. The first-order valence-electron chi connectivity index (χ1n) is 7.56. The molecule has 1 aliphatic rings. The maximum Gasteiger partial charge on any atom is 0.410 e. The molecule has 1 unspecified atom stereocenters. The molecule has 124 valence electrons. The van der Waals surface area contributed by atoms with Crippen LogP contribution in [0.3, 0.4) is 0 Å². The van der Waals surface area contributed by atoms with Crippen molar-refractivity contribution in [1.82, 2.24) is 4.90 Å². The molecule has 0 aromatic carbocycles. The molecule has 0 N–H and O–H groups in total. The maximum atomic E-state index is 12.3. The van der Waals surface area contributed by atoms with E-state index in [1.807, 2.05) is 13.8 Å². The van der Waals surface area contributed by atoms with Gasteiger partial charge in [0, 0.05) is 12.1 Å². The summed E-state index contributed by atoms with van der Waals surface area (Å²) in [4.78, 5) is 26.1. The number of hydrogen-bond donors (Lipinski definition) is 0. The minimum Gasteiger partial charge on any atom is -0.465 e. The third-order valence-electron chi connectivity index (χ3n) is 3.72. The highest BCUT2D eigenvalue weighted by Crippen LogP contribution is 2.41. The number of carbonyl (C=O) groups is 2. The summed E-state index contributed by atoms with van der Waals surface area (Å²) in [5.41, 5.74) is -2.45. The van der Waals surface area contributed by atoms with Gasteiger partial charge in [-0.1, -0.05) is 0 Å². The number of rotatable bonds is 2. The minimum atomic E-state index is -1.20. The van der Waals surface area contributed by atoms with Crippen LogP contribution in [-0.4, -0.2) is 41.3 Å². The van der Waals surface area contributed by atoms with E-state index in [2.05, 4.69) is 6.07 Å². The van der Waals surface area contributed by atoms with Crippen molar-refractivity contribution >= 4 is 12.1 Å². The highest BCUT2D eigenvalue weighted by atomic mass is 16.6. The Bertz CT molecular complexity index is 487. The molecule has 0 spiro atoms. The predicted molar refractivity (Wildman–Crippen MR) is 80.9 cm³/mol. The summed E-state index contributed by atoms with van der Waals surface area (Å²) in [6, 6.07) is 2.11. The Morgan fingerprint density at radius 2 is 1.91 bits per heavy atom. The Balaban J connectivity index is 2.96. The second kappa shape index (κ2) is 6.15. The van der Waals surface area contributed by atoms with Crippen molar-refractivity contribution in [2.75, 3.05) is 13.2 Å². The minimum absolute atomic E-state index is 0.231. The second-order valence-corrected chi connectivity index (χ2v) is 7.29. The molecule has 1 amide bonds. The number of hydrogen-bond acceptors (Lipinski definition) is 5. The zero-order chi connectivity index (χ0) is 17.2. The van der Waals surface area contributed by atoms with Crippen LogP contribution in [0.2, 0.25) is 0 Å². The molecule has 0 radical (unpaired) electrons. The van der Waals surface area contributed by atoms with E-state index >= 15 is 0 Å². The number of piperidine rings is 1. The second-order valence-electron chi connectivity index (χ2n) is 7.29. The van der Waals surface area contributed by atoms with Gasteiger partial charge in [-0.2, -0.15) is 5.26 Å². The summed E-state index contributed by atoms with van der Waals surface area (Å²) in [6.07, 6.45) is 0.0625. The quantitative estimate of drug-likeness (QED) is 0.733. The van der Waals surface area contributed by atoms with Gasteiger partial charge < -0.3 is 14.4 Å². The number of carbonyl (C=O) groups excluding carboxylic acids is 2. The lowest BCUT2D eigenvalue weighted by Crippen LogP contribution is -2.58. The van der Waals surface area contributed by atoms with Gasteiger partial charge in [0.25, 0.3) is 0 Å². The summed E-state index contributed by atoms with van der Waals surface area (Å²) in [7, 11) is 0. The summed E-state index contributed by atoms with van der Waals surface area (Å²) in [5.74, 6) is -0.505. The van der Waals surface area contributed by atoms with Crippen LogP contribution >= 0.6 is 0 Å². The van der Waals surface area contributed by atoms with Crippen molar-refractivity contribution in [2.24, 2.45) is 5.41 Å². The molecule has 1 aliphatic heterocycles. The largest absolute Gasteiger partial charge is 0.465 e. The molecule has 0 aromatic heterocycles. The van der Waals surface area contributed by atoms with Crippen LogP contribution in [0.5, 0.6) is 0 Å². The average Bonchev–Trinajstić information content (AvgIpc) is 2.35. The first-order valence-corrected chi connectivity index (χ1v) is 7.56. The highest BCUT2D eigenvalue weighted by molar-refractivity contribution is 5.81. The molecule has 1 atom stereocenters. The number of nitriles is 1. The fraction of sp³-hybridized carbons (Fsp3) is 0.812. The van der Waals surface area contributed by atoms with E-state index in [4.69, 9.17) is 9.47 Å². The number of esters is 1. The molecule has 1 saturated heterocycles. The third-order valence-corrected chi connectivity index (χ3v) is 3.72. The van der Waals surface area contributed by atoms with E-state index in [-0.39, 0.29) is 26.0 Å². The van der Waals surface area contributed by atoms with Crippen LogP contribution in [0.15, 0.2) is 0 Å². The van der Waals surface area contributed by atoms with Crippen molar-refractivity contribution < 1.29 is 19.1 Å². The van der Waals surface area contributed by atoms with Gasteiger partial charge in [-0.05, 0) is 54.4 Å². The number of ether oxygens (including phenoxy) is 2. The van der Waals surface area contributed by atoms with Gasteiger partial charge in [0.1, 0.15) is 5.60 Å². The topological polar surface area (TPSA) is 79.6 Å². The van der Waals surface area contributed by atoms with Crippen LogP contribution in [0.4, 0.5) is 4.79 Å². The summed E-state index contributed by atoms with van der Waals surface area (Å²) in [5, 5.41) is 9.50. The molecule has 1 rings (SSSR count). The van der Waals surface area contributed by atoms with Crippen molar-refractivity contribution in [3.8, 4) is 6.07 Å². The summed E-state index contributed by atoms with van der Waals surface area (Å²) >= 11 is 0. The molecule has 0 aromatic rings. The highest BCUT2D eigenvalue weighted by Gasteiger charge is 2.52. The van der Waals surface area contributed by atoms with E-state index in [1.165, 1.54) is 0 Å². The fourth-order valence-electron chi connectivity index (χ4n) is 2.77. The monoisotopic (exact) mass is 310 g/mol. The molecular formula is C16H26N2O4. The summed E-state index contributed by atoms with van der Waals surface area (Å²) in [6.45, 7) is 11.3. The van der Waals surface area contributed by atoms with Crippen molar-refractivity contribution in [3.63, 3.8) is 0 Å². The Labute approximate surface area is 132 Å². The van der Waals surface area contributed by atoms with E-state index in [0.717, 1.165) is 0 Å². The van der Waals surface area contributed by atoms with Crippen LogP contribution < -0.4 is 0 Å². The number of nitrogens with zero attached hydrogens (tertiary/aromatic N) is 2. The van der Waals surface area contributed by atoms with Crippen LogP contribution in [-0.2, 0) is 14.3 Å². The molecule has 6 nitrogen and oxygen atoms in total. The van der Waals surface area contributed by atoms with Gasteiger partial charge in [0.2, 0.25) is 0 Å². The molecule has 6 heteroatoms. The molecule has 1 heterocycles. The molecular weight excluding hydrogens is 284 g/mol. The van der Waals surface area contributed by atoms with Crippen molar-refractivity contribution in [3.05, 3.63) is 0 Å². The van der Waals surface area contributed by atoms with E-state index in [9.17, 15) is 14.9 Å². The van der Waals surface area contributed by atoms with Gasteiger partial charge in [-0.3, -0.25) is 4.79 Å². The lowest BCUT2D eigenvalue weighted by molar-refractivity contribution is -0.157. The van der Waals surface area contributed by atoms with E-state index < -0.39 is 28.6 Å². The Kier molecular flexibility index (Phi) is 5.11. The normalized spacial score (nSPS) is 24.3. The number of likely N-dealkylation sites (tertiary alicyclic amines) is 1. The fourth-order valence-corrected chi connectivity index (χ4v) is 2.77. The predicted octanol–water partition coefficient (Wildman–Crippen LogP) is 2.87. The van der Waals surface area contributed by atoms with Gasteiger partial charge >= 0.3 is 12.1 Å². The molecule has 22 heavy (non-hydrogen) atoms. The van der Waals surface area contributed by atoms with Crippen LogP contribution in [0.1, 0.15) is 54.4 Å². The van der Waals surface area contributed by atoms with Gasteiger partial charge in [0.05, 0.1) is 12.7 Å². The standard InChI is InChI=1S/C16H26N2O4/c1-7-21-12(19)16(11-17)8-9-18(15(5,6)10-16)13(20)22-14(2,3)4/h7-10H2,1-6H3. The smallest absolute Gasteiger partial charge is 0.410 e. The first kappa shape index (κ1) is 18.3. The SMILES string of the molecule is CCOC(=O)C1(C#N)CCN(C(=O)OC(C)(C)C)C(C)(C)C1. The Morgan fingerprint density at radius 3 is 2.32 bits per heavy atom. The zero-order valence-electron chi connectivity index (χ0n) is 14.4. The van der Waals surface area contributed by atoms with Crippen LogP contribution in [0.25, 0.3) is 0 Å². The molecule has 0 bridgehead atoms. The molecule has 0 aliphatic carbocycles. The lowest BCUT2D eigenvalue weighted by atomic mass is 9.71. The van der Waals surface area contributed by atoms with Crippen molar-refractivity contribution in [1.29, 1.82) is 5.26 Å².